The number of aryl methyl sites for hydroxylation is 1. The van der Waals surface area contributed by atoms with Gasteiger partial charge in [-0.05, 0) is 48.5 Å². The van der Waals surface area contributed by atoms with Gasteiger partial charge in [0.15, 0.2) is 5.11 Å². The van der Waals surface area contributed by atoms with Crippen molar-refractivity contribution >= 4 is 51.9 Å². The maximum Gasteiger partial charge on any atom is 0.175 e. The Morgan fingerprint density at radius 1 is 1.05 bits per heavy atom. The maximum absolute atomic E-state index is 6.10. The first-order valence-corrected chi connectivity index (χ1v) is 7.37. The molecule has 0 aliphatic rings. The van der Waals surface area contributed by atoms with E-state index in [1.807, 2.05) is 18.2 Å². The van der Waals surface area contributed by atoms with Gasteiger partial charge < -0.3 is 10.6 Å². The van der Waals surface area contributed by atoms with E-state index in [1.165, 1.54) is 5.56 Å². The lowest BCUT2D eigenvalue weighted by Crippen LogP contribution is -2.20. The average molecular weight is 325 g/mol. The lowest BCUT2D eigenvalue weighted by molar-refractivity contribution is 1.14. The molecule has 104 valence electrons. The number of thiocarbonyl (C=S) groups is 1. The SMILES string of the molecule is CCc1ccccc1NC(=S)Nc1ccc(Cl)cc1Cl. The van der Waals surface area contributed by atoms with Crippen LogP contribution in [0.25, 0.3) is 0 Å². The summed E-state index contributed by atoms with van der Waals surface area (Å²) in [7, 11) is 0. The Balaban J connectivity index is 2.09. The second-order valence-corrected chi connectivity index (χ2v) is 5.47. The van der Waals surface area contributed by atoms with Crippen LogP contribution in [-0.4, -0.2) is 5.11 Å². The van der Waals surface area contributed by atoms with Crippen molar-refractivity contribution in [1.29, 1.82) is 0 Å². The number of rotatable bonds is 3. The third-order valence-electron chi connectivity index (χ3n) is 2.83. The van der Waals surface area contributed by atoms with Gasteiger partial charge in [0.05, 0.1) is 10.7 Å². The van der Waals surface area contributed by atoms with Gasteiger partial charge in [0, 0.05) is 10.7 Å². The van der Waals surface area contributed by atoms with E-state index in [1.54, 1.807) is 18.2 Å². The van der Waals surface area contributed by atoms with Crippen LogP contribution in [0, 0.1) is 0 Å². The molecule has 0 bridgehead atoms. The van der Waals surface area contributed by atoms with Gasteiger partial charge in [-0.1, -0.05) is 48.3 Å². The standard InChI is InChI=1S/C15H14Cl2N2S/c1-2-10-5-3-4-6-13(10)18-15(20)19-14-8-7-11(16)9-12(14)17/h3-9H,2H2,1H3,(H2,18,19,20). The van der Waals surface area contributed by atoms with E-state index in [2.05, 4.69) is 23.6 Å². The van der Waals surface area contributed by atoms with E-state index in [0.717, 1.165) is 17.8 Å². The monoisotopic (exact) mass is 324 g/mol. The number of anilines is 2. The summed E-state index contributed by atoms with van der Waals surface area (Å²) < 4.78 is 0. The molecule has 0 spiro atoms. The topological polar surface area (TPSA) is 24.1 Å². The van der Waals surface area contributed by atoms with Gasteiger partial charge in [-0.15, -0.1) is 0 Å². The maximum atomic E-state index is 6.10. The van der Waals surface area contributed by atoms with Gasteiger partial charge in [0.2, 0.25) is 0 Å². The zero-order valence-corrected chi connectivity index (χ0v) is 13.2. The van der Waals surface area contributed by atoms with Crippen molar-refractivity contribution in [1.82, 2.24) is 0 Å². The van der Waals surface area contributed by atoms with Crippen LogP contribution < -0.4 is 10.6 Å². The minimum atomic E-state index is 0.495. The highest BCUT2D eigenvalue weighted by Gasteiger charge is 2.05. The molecule has 0 aromatic heterocycles. The van der Waals surface area contributed by atoms with Crippen molar-refractivity contribution in [3.05, 3.63) is 58.1 Å². The third kappa shape index (κ3) is 3.85. The predicted octanol–water partition coefficient (Wildman–Crippen LogP) is 5.36. The predicted molar refractivity (Wildman–Crippen MR) is 92.1 cm³/mol. The molecule has 0 aliphatic carbocycles. The molecule has 2 nitrogen and oxygen atoms in total. The number of para-hydroxylation sites is 1. The summed E-state index contributed by atoms with van der Waals surface area (Å²) in [5, 5.41) is 7.87. The van der Waals surface area contributed by atoms with Gasteiger partial charge in [-0.2, -0.15) is 0 Å². The number of hydrogen-bond acceptors (Lipinski definition) is 1. The molecular formula is C15H14Cl2N2S. The smallest absolute Gasteiger partial charge is 0.175 e. The first kappa shape index (κ1) is 15.1. The van der Waals surface area contributed by atoms with Crippen molar-refractivity contribution in [2.45, 2.75) is 13.3 Å². The average Bonchev–Trinajstić information content (AvgIpc) is 2.42. The van der Waals surface area contributed by atoms with Gasteiger partial charge in [0.1, 0.15) is 0 Å². The van der Waals surface area contributed by atoms with E-state index < -0.39 is 0 Å². The molecule has 2 aromatic carbocycles. The van der Waals surface area contributed by atoms with Crippen molar-refractivity contribution in [2.75, 3.05) is 10.6 Å². The highest BCUT2D eigenvalue weighted by molar-refractivity contribution is 7.80. The van der Waals surface area contributed by atoms with Gasteiger partial charge in [-0.25, -0.2) is 0 Å². The second-order valence-electron chi connectivity index (χ2n) is 4.21. The van der Waals surface area contributed by atoms with Crippen molar-refractivity contribution in [3.63, 3.8) is 0 Å². The minimum Gasteiger partial charge on any atom is -0.332 e. The molecular weight excluding hydrogens is 311 g/mol. The largest absolute Gasteiger partial charge is 0.332 e. The Hall–Kier alpha value is -1.29. The molecule has 5 heteroatoms. The van der Waals surface area contributed by atoms with Crippen molar-refractivity contribution in [3.8, 4) is 0 Å². The molecule has 0 aliphatic heterocycles. The van der Waals surface area contributed by atoms with Crippen LogP contribution in [0.3, 0.4) is 0 Å². The Bertz CT molecular complexity index is 629. The third-order valence-corrected chi connectivity index (χ3v) is 3.58. The van der Waals surface area contributed by atoms with Crippen molar-refractivity contribution < 1.29 is 0 Å². The summed E-state index contributed by atoms with van der Waals surface area (Å²) >= 11 is 17.3. The molecule has 2 N–H and O–H groups in total. The van der Waals surface area contributed by atoms with Gasteiger partial charge >= 0.3 is 0 Å². The van der Waals surface area contributed by atoms with Crippen LogP contribution in [0.2, 0.25) is 10.0 Å². The summed E-state index contributed by atoms with van der Waals surface area (Å²) in [6.45, 7) is 2.10. The first-order chi connectivity index (χ1) is 9.60. The van der Waals surface area contributed by atoms with E-state index in [4.69, 9.17) is 35.4 Å². The molecule has 0 atom stereocenters. The van der Waals surface area contributed by atoms with E-state index in [9.17, 15) is 0 Å². The highest BCUT2D eigenvalue weighted by Crippen LogP contribution is 2.25. The van der Waals surface area contributed by atoms with Crippen molar-refractivity contribution in [2.24, 2.45) is 0 Å². The lowest BCUT2D eigenvalue weighted by Gasteiger charge is -2.14. The highest BCUT2D eigenvalue weighted by atomic mass is 35.5. The zero-order chi connectivity index (χ0) is 14.5. The van der Waals surface area contributed by atoms with E-state index in [0.29, 0.717) is 15.2 Å². The molecule has 0 saturated heterocycles. The quantitative estimate of drug-likeness (QED) is 0.742. The fourth-order valence-corrected chi connectivity index (χ4v) is 2.49. The molecule has 0 amide bonds. The summed E-state index contributed by atoms with van der Waals surface area (Å²) in [5.41, 5.74) is 2.93. The van der Waals surface area contributed by atoms with Crippen LogP contribution in [0.1, 0.15) is 12.5 Å². The molecule has 20 heavy (non-hydrogen) atoms. The van der Waals surface area contributed by atoms with E-state index >= 15 is 0 Å². The fraction of sp³-hybridized carbons (Fsp3) is 0.133. The summed E-state index contributed by atoms with van der Waals surface area (Å²) in [6.07, 6.45) is 0.938. The van der Waals surface area contributed by atoms with Crippen LogP contribution in [0.5, 0.6) is 0 Å². The Labute approximate surface area is 134 Å². The normalized spacial score (nSPS) is 10.2. The fourth-order valence-electron chi connectivity index (χ4n) is 1.82. The molecule has 2 rings (SSSR count). The Morgan fingerprint density at radius 2 is 1.75 bits per heavy atom. The molecule has 0 unspecified atom stereocenters. The molecule has 0 saturated carbocycles. The number of halogens is 2. The van der Waals surface area contributed by atoms with E-state index in [-0.39, 0.29) is 0 Å². The van der Waals surface area contributed by atoms with Crippen LogP contribution >= 0.6 is 35.4 Å². The summed E-state index contributed by atoms with van der Waals surface area (Å²) in [5.74, 6) is 0. The van der Waals surface area contributed by atoms with Crippen LogP contribution in [-0.2, 0) is 6.42 Å². The molecule has 0 radical (unpaired) electrons. The number of hydrogen-bond donors (Lipinski definition) is 2. The molecule has 2 aromatic rings. The second kappa shape index (κ2) is 6.93. The Morgan fingerprint density at radius 3 is 2.45 bits per heavy atom. The number of benzene rings is 2. The van der Waals surface area contributed by atoms with Gasteiger partial charge in [-0.3, -0.25) is 0 Å². The summed E-state index contributed by atoms with van der Waals surface area (Å²) in [6, 6.07) is 13.3. The van der Waals surface area contributed by atoms with Crippen LogP contribution in [0.15, 0.2) is 42.5 Å². The lowest BCUT2D eigenvalue weighted by atomic mass is 10.1. The zero-order valence-electron chi connectivity index (χ0n) is 10.9. The Kier molecular flexibility index (Phi) is 5.24. The number of nitrogens with one attached hydrogen (secondary N) is 2. The molecule has 0 fully saturated rings. The van der Waals surface area contributed by atoms with Gasteiger partial charge in [0.25, 0.3) is 0 Å². The molecule has 0 heterocycles. The first-order valence-electron chi connectivity index (χ1n) is 6.21. The van der Waals surface area contributed by atoms with Crippen LogP contribution in [0.4, 0.5) is 11.4 Å². The summed E-state index contributed by atoms with van der Waals surface area (Å²) in [4.78, 5) is 0. The minimum absolute atomic E-state index is 0.495.